The number of nitrogen functional groups attached to an aromatic ring is 1. The van der Waals surface area contributed by atoms with Crippen molar-refractivity contribution >= 4 is 23.1 Å². The van der Waals surface area contributed by atoms with Crippen molar-refractivity contribution in [3.05, 3.63) is 40.7 Å². The second-order valence-electron chi connectivity index (χ2n) is 7.45. The predicted octanol–water partition coefficient (Wildman–Crippen LogP) is 4.06. The number of nitrogens with two attached hydrogens (primary N) is 1. The molecule has 0 fully saturated rings. The quantitative estimate of drug-likeness (QED) is 0.403. The molecule has 0 saturated carbocycles. The van der Waals surface area contributed by atoms with Crippen LogP contribution in [0.4, 0.5) is 5.82 Å². The normalized spacial score (nSPS) is 12.3. The average molecular weight is 448 g/mol. The van der Waals surface area contributed by atoms with E-state index < -0.39 is 0 Å². The number of aliphatic hydroxyl groups excluding tert-OH is 1. The Morgan fingerprint density at radius 1 is 1.23 bits per heavy atom. The zero-order valence-corrected chi connectivity index (χ0v) is 18.8. The van der Waals surface area contributed by atoms with Crippen LogP contribution in [0.2, 0.25) is 5.02 Å². The van der Waals surface area contributed by atoms with Crippen LogP contribution in [-0.4, -0.2) is 44.0 Å². The summed E-state index contributed by atoms with van der Waals surface area (Å²) >= 11 is 6.40. The van der Waals surface area contributed by atoms with Gasteiger partial charge in [-0.15, -0.1) is 5.10 Å². The van der Waals surface area contributed by atoms with Crippen LogP contribution >= 0.6 is 11.6 Å². The van der Waals surface area contributed by atoms with Gasteiger partial charge >= 0.3 is 6.01 Å². The van der Waals surface area contributed by atoms with Gasteiger partial charge in [-0.2, -0.15) is 4.98 Å². The van der Waals surface area contributed by atoms with Crippen LogP contribution in [0.15, 0.2) is 24.4 Å². The number of rotatable bonds is 12. The van der Waals surface area contributed by atoms with Gasteiger partial charge in [-0.25, -0.2) is 9.50 Å². The van der Waals surface area contributed by atoms with Gasteiger partial charge < -0.3 is 20.3 Å². The number of imidazole rings is 1. The van der Waals surface area contributed by atoms with Crippen molar-refractivity contribution in [3.8, 4) is 11.8 Å². The van der Waals surface area contributed by atoms with Crippen LogP contribution < -0.4 is 15.2 Å². The van der Waals surface area contributed by atoms with Gasteiger partial charge in [0.1, 0.15) is 11.9 Å². The molecule has 3 aromatic rings. The van der Waals surface area contributed by atoms with E-state index in [1.54, 1.807) is 10.7 Å². The molecule has 9 heteroatoms. The molecular weight excluding hydrogens is 418 g/mol. The van der Waals surface area contributed by atoms with Gasteiger partial charge in [-0.05, 0) is 30.5 Å². The monoisotopic (exact) mass is 447 g/mol. The minimum atomic E-state index is -0.169. The number of ether oxygens (including phenoxy) is 2. The van der Waals surface area contributed by atoms with E-state index in [4.69, 9.17) is 26.8 Å². The Labute approximate surface area is 187 Å². The van der Waals surface area contributed by atoms with Crippen molar-refractivity contribution in [3.63, 3.8) is 0 Å². The topological polar surface area (TPSA) is 108 Å². The van der Waals surface area contributed by atoms with Crippen LogP contribution in [0, 0.1) is 0 Å². The first kappa shape index (κ1) is 23.1. The fourth-order valence-electron chi connectivity index (χ4n) is 3.28. The third-order valence-corrected chi connectivity index (χ3v) is 5.21. The van der Waals surface area contributed by atoms with E-state index in [1.165, 1.54) is 0 Å². The molecule has 8 nitrogen and oxygen atoms in total. The standard InChI is InChI=1S/C22H30ClN5O3/c1-3-5-11-30-19-8-7-15(13-18(19)23)12-16-14-25-21-20(24)26-22(27-28(16)21)31-17(6-4-2)9-10-29/h7-8,13-14,17,29H,3-6,9-12H2,1-2H3,(H2,24,26,27). The molecule has 3 N–H and O–H groups in total. The number of anilines is 1. The number of unbranched alkanes of at least 4 members (excludes halogenated alkanes) is 1. The van der Waals surface area contributed by atoms with Crippen molar-refractivity contribution in [1.82, 2.24) is 19.6 Å². The minimum absolute atomic E-state index is 0.0393. The summed E-state index contributed by atoms with van der Waals surface area (Å²) in [6, 6.07) is 5.93. The van der Waals surface area contributed by atoms with Crippen molar-refractivity contribution in [2.45, 2.75) is 58.5 Å². The Kier molecular flexibility index (Phi) is 8.31. The van der Waals surface area contributed by atoms with E-state index in [9.17, 15) is 5.11 Å². The van der Waals surface area contributed by atoms with E-state index in [2.05, 4.69) is 28.9 Å². The minimum Gasteiger partial charge on any atom is -0.492 e. The Balaban J connectivity index is 1.81. The zero-order valence-electron chi connectivity index (χ0n) is 18.1. The fourth-order valence-corrected chi connectivity index (χ4v) is 3.54. The molecule has 0 radical (unpaired) electrons. The van der Waals surface area contributed by atoms with E-state index in [0.29, 0.717) is 35.9 Å². The molecule has 2 heterocycles. The molecule has 0 saturated heterocycles. The lowest BCUT2D eigenvalue weighted by molar-refractivity contribution is 0.133. The second kappa shape index (κ2) is 11.2. The van der Waals surface area contributed by atoms with E-state index in [-0.39, 0.29) is 24.5 Å². The number of aromatic nitrogens is 4. The maximum Gasteiger partial charge on any atom is 0.336 e. The summed E-state index contributed by atoms with van der Waals surface area (Å²) in [6.07, 6.45) is 6.40. The lowest BCUT2D eigenvalue weighted by atomic mass is 10.1. The molecule has 0 amide bonds. The number of hydrogen-bond donors (Lipinski definition) is 2. The van der Waals surface area contributed by atoms with Crippen LogP contribution in [-0.2, 0) is 6.42 Å². The lowest BCUT2D eigenvalue weighted by Crippen LogP contribution is -2.20. The van der Waals surface area contributed by atoms with E-state index in [1.807, 2.05) is 18.2 Å². The third-order valence-electron chi connectivity index (χ3n) is 4.91. The maximum absolute atomic E-state index is 9.26. The van der Waals surface area contributed by atoms with Crippen LogP contribution in [0.1, 0.15) is 57.2 Å². The first-order valence-electron chi connectivity index (χ1n) is 10.7. The van der Waals surface area contributed by atoms with Gasteiger partial charge in [0, 0.05) is 19.4 Å². The molecule has 1 unspecified atom stereocenters. The summed E-state index contributed by atoms with van der Waals surface area (Å²) in [5.74, 6) is 0.929. The number of nitrogens with zero attached hydrogens (tertiary/aromatic N) is 4. The number of halogens is 1. The molecule has 0 aliphatic heterocycles. The van der Waals surface area contributed by atoms with E-state index >= 15 is 0 Å². The highest BCUT2D eigenvalue weighted by atomic mass is 35.5. The molecule has 1 atom stereocenters. The van der Waals surface area contributed by atoms with Gasteiger partial charge in [0.15, 0.2) is 11.5 Å². The van der Waals surface area contributed by atoms with Crippen molar-refractivity contribution in [2.24, 2.45) is 0 Å². The molecule has 0 aliphatic carbocycles. The number of aliphatic hydroxyl groups is 1. The molecule has 168 valence electrons. The van der Waals surface area contributed by atoms with Gasteiger partial charge in [-0.1, -0.05) is 44.4 Å². The predicted molar refractivity (Wildman–Crippen MR) is 121 cm³/mol. The molecule has 0 aliphatic rings. The Morgan fingerprint density at radius 3 is 2.77 bits per heavy atom. The van der Waals surface area contributed by atoms with Gasteiger partial charge in [0.2, 0.25) is 0 Å². The molecule has 1 aromatic carbocycles. The SMILES string of the molecule is CCCCOc1ccc(Cc2cnc3c(N)nc(OC(CCC)CCO)nn23)cc1Cl. The first-order chi connectivity index (χ1) is 15.0. The summed E-state index contributed by atoms with van der Waals surface area (Å²) in [7, 11) is 0. The second-order valence-corrected chi connectivity index (χ2v) is 7.86. The van der Waals surface area contributed by atoms with Crippen LogP contribution in [0.5, 0.6) is 11.8 Å². The summed E-state index contributed by atoms with van der Waals surface area (Å²) in [6.45, 7) is 4.87. The third kappa shape index (κ3) is 5.98. The largest absolute Gasteiger partial charge is 0.492 e. The molecule has 3 rings (SSSR count). The van der Waals surface area contributed by atoms with Crippen LogP contribution in [0.3, 0.4) is 0 Å². The Morgan fingerprint density at radius 2 is 2.06 bits per heavy atom. The number of hydrogen-bond acceptors (Lipinski definition) is 7. The van der Waals surface area contributed by atoms with Crippen molar-refractivity contribution in [2.75, 3.05) is 18.9 Å². The number of benzene rings is 1. The van der Waals surface area contributed by atoms with E-state index in [0.717, 1.165) is 36.9 Å². The highest BCUT2D eigenvalue weighted by molar-refractivity contribution is 6.32. The smallest absolute Gasteiger partial charge is 0.336 e. The van der Waals surface area contributed by atoms with Gasteiger partial charge in [0.25, 0.3) is 0 Å². The Bertz CT molecular complexity index is 989. The highest BCUT2D eigenvalue weighted by Gasteiger charge is 2.16. The van der Waals surface area contributed by atoms with Gasteiger partial charge in [-0.3, -0.25) is 0 Å². The molecule has 0 bridgehead atoms. The Hall–Kier alpha value is -2.58. The summed E-state index contributed by atoms with van der Waals surface area (Å²) in [4.78, 5) is 8.59. The van der Waals surface area contributed by atoms with Crippen molar-refractivity contribution in [1.29, 1.82) is 0 Å². The molecular formula is C22H30ClN5O3. The summed E-state index contributed by atoms with van der Waals surface area (Å²) in [5, 5.41) is 14.3. The average Bonchev–Trinajstić information content (AvgIpc) is 3.13. The highest BCUT2D eigenvalue weighted by Crippen LogP contribution is 2.27. The summed E-state index contributed by atoms with van der Waals surface area (Å²) in [5.41, 5.74) is 8.39. The first-order valence-corrected chi connectivity index (χ1v) is 11.1. The summed E-state index contributed by atoms with van der Waals surface area (Å²) < 4.78 is 13.3. The molecule has 31 heavy (non-hydrogen) atoms. The lowest BCUT2D eigenvalue weighted by Gasteiger charge is -2.16. The molecule has 2 aromatic heterocycles. The van der Waals surface area contributed by atoms with Crippen molar-refractivity contribution < 1.29 is 14.6 Å². The number of fused-ring (bicyclic) bond motifs is 1. The zero-order chi connectivity index (χ0) is 22.2. The molecule has 0 spiro atoms. The van der Waals surface area contributed by atoms with Gasteiger partial charge in [0.05, 0.1) is 23.5 Å². The maximum atomic E-state index is 9.26. The van der Waals surface area contributed by atoms with Crippen LogP contribution in [0.25, 0.3) is 5.65 Å². The fraction of sp³-hybridized carbons (Fsp3) is 0.500.